The summed E-state index contributed by atoms with van der Waals surface area (Å²) in [5, 5.41) is 2.09. The third-order valence-corrected chi connectivity index (χ3v) is 1.50. The summed E-state index contributed by atoms with van der Waals surface area (Å²) in [6.07, 6.45) is 0.0840. The Labute approximate surface area is 68.7 Å². The second kappa shape index (κ2) is 3.21. The lowest BCUT2D eigenvalue weighted by molar-refractivity contribution is -0.120. The zero-order valence-electron chi connectivity index (χ0n) is 6.37. The van der Waals surface area contributed by atoms with Crippen molar-refractivity contribution in [3.63, 3.8) is 0 Å². The number of nitrogens with one attached hydrogen (secondary N) is 1. The fraction of sp³-hybridized carbons (Fsp3) is 0.500. The summed E-state index contributed by atoms with van der Waals surface area (Å²) < 4.78 is 0. The van der Waals surface area contributed by atoms with Crippen LogP contribution < -0.4 is 11.1 Å². The highest BCUT2D eigenvalue weighted by atomic mass is 16.2. The van der Waals surface area contributed by atoms with Gasteiger partial charge >= 0.3 is 6.03 Å². The molecular weight excluding hydrogens is 162 g/mol. The number of nitrogens with zero attached hydrogens (tertiary/aromatic N) is 1. The molecule has 3 N–H and O–H groups in total. The molecule has 6 nitrogen and oxygen atoms in total. The predicted molar refractivity (Wildman–Crippen MR) is 38.9 cm³/mol. The second-order valence-corrected chi connectivity index (χ2v) is 2.49. The number of amides is 4. The predicted octanol–water partition coefficient (Wildman–Crippen LogP) is -1.59. The van der Waals surface area contributed by atoms with E-state index in [2.05, 4.69) is 5.32 Å². The number of hydrogen-bond donors (Lipinski definition) is 2. The average Bonchev–Trinajstić information content (AvgIpc) is 2.26. The highest BCUT2D eigenvalue weighted by Gasteiger charge is 2.26. The van der Waals surface area contributed by atoms with E-state index in [1.165, 1.54) is 4.90 Å². The Hall–Kier alpha value is -1.59. The van der Waals surface area contributed by atoms with Crippen LogP contribution in [-0.2, 0) is 9.59 Å². The molecule has 0 unspecified atom stereocenters. The van der Waals surface area contributed by atoms with Gasteiger partial charge in [-0.05, 0) is 0 Å². The SMILES string of the molecule is NC(=O)CCN1CC(=O)NC1=O. The summed E-state index contributed by atoms with van der Waals surface area (Å²) in [4.78, 5) is 33.0. The van der Waals surface area contributed by atoms with Gasteiger partial charge in [0.2, 0.25) is 11.8 Å². The highest BCUT2D eigenvalue weighted by molar-refractivity contribution is 6.01. The topological polar surface area (TPSA) is 92.5 Å². The van der Waals surface area contributed by atoms with E-state index >= 15 is 0 Å². The zero-order valence-corrected chi connectivity index (χ0v) is 6.37. The van der Waals surface area contributed by atoms with Crippen LogP contribution in [0.4, 0.5) is 4.79 Å². The van der Waals surface area contributed by atoms with Crippen LogP contribution >= 0.6 is 0 Å². The lowest BCUT2D eigenvalue weighted by atomic mass is 10.4. The van der Waals surface area contributed by atoms with E-state index in [-0.39, 0.29) is 25.4 Å². The minimum absolute atomic E-state index is 0.0200. The van der Waals surface area contributed by atoms with Gasteiger partial charge in [-0.1, -0.05) is 0 Å². The summed E-state index contributed by atoms with van der Waals surface area (Å²) in [6, 6.07) is -0.457. The van der Waals surface area contributed by atoms with Gasteiger partial charge in [0, 0.05) is 13.0 Å². The van der Waals surface area contributed by atoms with Gasteiger partial charge in [0.1, 0.15) is 6.54 Å². The van der Waals surface area contributed by atoms with Gasteiger partial charge in [0.25, 0.3) is 0 Å². The van der Waals surface area contributed by atoms with E-state index in [0.29, 0.717) is 0 Å². The Balaban J connectivity index is 2.38. The number of carbonyl (C=O) groups excluding carboxylic acids is 3. The molecule has 0 bridgehead atoms. The molecule has 0 aromatic carbocycles. The molecule has 1 heterocycles. The van der Waals surface area contributed by atoms with Crippen molar-refractivity contribution >= 4 is 17.8 Å². The van der Waals surface area contributed by atoms with E-state index in [0.717, 1.165) is 0 Å². The minimum Gasteiger partial charge on any atom is -0.370 e. The van der Waals surface area contributed by atoms with Crippen molar-refractivity contribution in [3.05, 3.63) is 0 Å². The van der Waals surface area contributed by atoms with Crippen molar-refractivity contribution in [1.82, 2.24) is 10.2 Å². The first kappa shape index (κ1) is 8.51. The van der Waals surface area contributed by atoms with Crippen LogP contribution in [0.2, 0.25) is 0 Å². The Bertz CT molecular complexity index is 238. The monoisotopic (exact) mass is 171 g/mol. The van der Waals surface area contributed by atoms with Gasteiger partial charge in [0.05, 0.1) is 0 Å². The maximum atomic E-state index is 10.8. The molecule has 1 fully saturated rings. The largest absolute Gasteiger partial charge is 0.370 e. The first-order chi connectivity index (χ1) is 5.59. The summed E-state index contributed by atoms with van der Waals surface area (Å²) in [5.41, 5.74) is 4.87. The number of urea groups is 1. The Morgan fingerprint density at radius 2 is 2.25 bits per heavy atom. The van der Waals surface area contributed by atoms with Gasteiger partial charge < -0.3 is 10.6 Å². The molecule has 0 saturated carbocycles. The van der Waals surface area contributed by atoms with E-state index in [1.54, 1.807) is 0 Å². The Morgan fingerprint density at radius 1 is 1.58 bits per heavy atom. The van der Waals surface area contributed by atoms with Crippen molar-refractivity contribution < 1.29 is 14.4 Å². The van der Waals surface area contributed by atoms with Crippen LogP contribution in [0.3, 0.4) is 0 Å². The van der Waals surface area contributed by atoms with E-state index in [4.69, 9.17) is 5.73 Å². The standard InChI is InChI=1S/C6H9N3O3/c7-4(10)1-2-9-3-5(11)8-6(9)12/h1-3H2,(H2,7,10)(H,8,11,12). The lowest BCUT2D eigenvalue weighted by Crippen LogP contribution is -2.31. The molecule has 6 heteroatoms. The van der Waals surface area contributed by atoms with E-state index < -0.39 is 11.9 Å². The number of primary amides is 1. The molecule has 66 valence electrons. The van der Waals surface area contributed by atoms with Gasteiger partial charge in [0.15, 0.2) is 0 Å². The third kappa shape index (κ3) is 1.94. The summed E-state index contributed by atoms with van der Waals surface area (Å²) in [6.45, 7) is 0.221. The van der Waals surface area contributed by atoms with Crippen molar-refractivity contribution in [2.24, 2.45) is 5.73 Å². The number of carbonyl (C=O) groups is 3. The zero-order chi connectivity index (χ0) is 9.14. The quantitative estimate of drug-likeness (QED) is 0.501. The summed E-state index contributed by atoms with van der Waals surface area (Å²) in [5.74, 6) is -0.827. The first-order valence-electron chi connectivity index (χ1n) is 3.46. The molecule has 4 amide bonds. The summed E-state index contributed by atoms with van der Waals surface area (Å²) >= 11 is 0. The number of rotatable bonds is 3. The minimum atomic E-state index is -0.484. The molecule has 1 rings (SSSR count). The lowest BCUT2D eigenvalue weighted by Gasteiger charge is -2.10. The number of hydrogen-bond acceptors (Lipinski definition) is 3. The first-order valence-corrected chi connectivity index (χ1v) is 3.46. The van der Waals surface area contributed by atoms with Gasteiger partial charge in [-0.2, -0.15) is 0 Å². The van der Waals surface area contributed by atoms with E-state index in [1.807, 2.05) is 0 Å². The molecule has 1 aliphatic rings. The number of imide groups is 1. The number of nitrogens with two attached hydrogens (primary N) is 1. The molecule has 0 aromatic heterocycles. The van der Waals surface area contributed by atoms with Crippen molar-refractivity contribution in [1.29, 1.82) is 0 Å². The van der Waals surface area contributed by atoms with E-state index in [9.17, 15) is 14.4 Å². The molecule has 12 heavy (non-hydrogen) atoms. The molecule has 0 radical (unpaired) electrons. The highest BCUT2D eigenvalue weighted by Crippen LogP contribution is 1.98. The molecule has 1 saturated heterocycles. The molecule has 1 aliphatic heterocycles. The fourth-order valence-electron chi connectivity index (χ4n) is 0.909. The maximum absolute atomic E-state index is 10.8. The van der Waals surface area contributed by atoms with Gasteiger partial charge in [-0.3, -0.25) is 14.9 Å². The normalized spacial score (nSPS) is 16.5. The third-order valence-electron chi connectivity index (χ3n) is 1.50. The molecule has 0 spiro atoms. The molecule has 0 aliphatic carbocycles. The Morgan fingerprint density at radius 3 is 2.67 bits per heavy atom. The van der Waals surface area contributed by atoms with Crippen LogP contribution in [0.1, 0.15) is 6.42 Å². The maximum Gasteiger partial charge on any atom is 0.324 e. The van der Waals surface area contributed by atoms with Crippen molar-refractivity contribution in [3.8, 4) is 0 Å². The van der Waals surface area contributed by atoms with Gasteiger partial charge in [-0.15, -0.1) is 0 Å². The smallest absolute Gasteiger partial charge is 0.324 e. The Kier molecular flexibility index (Phi) is 2.27. The van der Waals surface area contributed by atoms with Crippen LogP contribution in [-0.4, -0.2) is 35.8 Å². The van der Waals surface area contributed by atoms with Crippen LogP contribution in [0, 0.1) is 0 Å². The average molecular weight is 171 g/mol. The van der Waals surface area contributed by atoms with Crippen LogP contribution in [0.15, 0.2) is 0 Å². The van der Waals surface area contributed by atoms with Crippen LogP contribution in [0.25, 0.3) is 0 Å². The molecule has 0 aromatic rings. The molecule has 0 atom stereocenters. The van der Waals surface area contributed by atoms with Crippen molar-refractivity contribution in [2.45, 2.75) is 6.42 Å². The van der Waals surface area contributed by atoms with Crippen LogP contribution in [0.5, 0.6) is 0 Å². The molecular formula is C6H9N3O3. The van der Waals surface area contributed by atoms with Crippen molar-refractivity contribution in [2.75, 3.05) is 13.1 Å². The van der Waals surface area contributed by atoms with Gasteiger partial charge in [-0.25, -0.2) is 4.79 Å². The summed E-state index contributed by atoms with van der Waals surface area (Å²) in [7, 11) is 0. The fourth-order valence-corrected chi connectivity index (χ4v) is 0.909. The second-order valence-electron chi connectivity index (χ2n) is 2.49.